The number of likely N-dealkylation sites (tertiary alicyclic amines) is 1. The molecule has 0 bridgehead atoms. The molecule has 0 N–H and O–H groups in total. The molecule has 1 atom stereocenters. The van der Waals surface area contributed by atoms with Crippen molar-refractivity contribution in [1.82, 2.24) is 4.90 Å². The third-order valence-corrected chi connectivity index (χ3v) is 3.84. The molecular formula is C17H18N2O4. The van der Waals surface area contributed by atoms with E-state index in [0.29, 0.717) is 23.4 Å². The molecule has 0 radical (unpaired) electrons. The molecule has 1 amide bonds. The Morgan fingerprint density at radius 2 is 1.83 bits per heavy atom. The van der Waals surface area contributed by atoms with Gasteiger partial charge in [-0.25, -0.2) is 0 Å². The summed E-state index contributed by atoms with van der Waals surface area (Å²) in [4.78, 5) is 14.1. The Bertz CT molecular complexity index is 670. The highest BCUT2D eigenvalue weighted by atomic mass is 16.5. The quantitative estimate of drug-likeness (QED) is 0.635. The Kier molecular flexibility index (Phi) is 4.32. The number of methoxy groups -OCH3 is 1. The minimum Gasteiger partial charge on any atom is -0.619 e. The molecule has 0 spiro atoms. The summed E-state index contributed by atoms with van der Waals surface area (Å²) in [5.41, 5.74) is 0.516. The van der Waals surface area contributed by atoms with Gasteiger partial charge in [-0.15, -0.1) is 0 Å². The zero-order valence-electron chi connectivity index (χ0n) is 12.8. The number of hydrogen-bond donors (Lipinski definition) is 0. The lowest BCUT2D eigenvalue weighted by atomic mass is 10.2. The van der Waals surface area contributed by atoms with Gasteiger partial charge < -0.3 is 19.6 Å². The van der Waals surface area contributed by atoms with Crippen molar-refractivity contribution in [1.29, 1.82) is 0 Å². The second kappa shape index (κ2) is 6.56. The van der Waals surface area contributed by atoms with E-state index in [1.165, 1.54) is 24.5 Å². The van der Waals surface area contributed by atoms with Crippen LogP contribution in [0.2, 0.25) is 0 Å². The largest absolute Gasteiger partial charge is 0.619 e. The van der Waals surface area contributed by atoms with Gasteiger partial charge in [0, 0.05) is 25.1 Å². The van der Waals surface area contributed by atoms with E-state index in [4.69, 9.17) is 9.47 Å². The lowest BCUT2D eigenvalue weighted by molar-refractivity contribution is -0.605. The number of pyridine rings is 1. The van der Waals surface area contributed by atoms with E-state index in [0.717, 1.165) is 17.9 Å². The fraction of sp³-hybridized carbons (Fsp3) is 0.294. The molecule has 2 aromatic rings. The Labute approximate surface area is 134 Å². The monoisotopic (exact) mass is 314 g/mol. The molecule has 2 heterocycles. The van der Waals surface area contributed by atoms with Crippen LogP contribution in [0.15, 0.2) is 48.8 Å². The number of amides is 1. The molecule has 0 unspecified atom stereocenters. The van der Waals surface area contributed by atoms with Gasteiger partial charge in [-0.2, -0.15) is 4.73 Å². The van der Waals surface area contributed by atoms with Crippen LogP contribution < -0.4 is 14.2 Å². The second-order valence-electron chi connectivity index (χ2n) is 5.40. The number of aromatic nitrogens is 1. The predicted octanol–water partition coefficient (Wildman–Crippen LogP) is 1.62. The highest BCUT2D eigenvalue weighted by molar-refractivity contribution is 5.94. The molecule has 6 nitrogen and oxygen atoms in total. The van der Waals surface area contributed by atoms with Crippen LogP contribution in [0.3, 0.4) is 0 Å². The average Bonchev–Trinajstić information content (AvgIpc) is 3.04. The molecule has 1 aliphatic heterocycles. The number of rotatable bonds is 4. The van der Waals surface area contributed by atoms with Gasteiger partial charge in [-0.05, 0) is 24.3 Å². The van der Waals surface area contributed by atoms with Crippen LogP contribution in [0.25, 0.3) is 0 Å². The van der Waals surface area contributed by atoms with Crippen molar-refractivity contribution in [3.63, 3.8) is 0 Å². The van der Waals surface area contributed by atoms with E-state index in [-0.39, 0.29) is 12.0 Å². The van der Waals surface area contributed by atoms with Crippen molar-refractivity contribution in [3.8, 4) is 11.5 Å². The molecule has 1 fully saturated rings. The molecule has 0 saturated carbocycles. The maximum atomic E-state index is 12.4. The SMILES string of the molecule is COc1ccc(O[C@@H]2CCN(C(=O)c3cc[n+]([O-])cc3)C2)cc1. The molecule has 6 heteroatoms. The fourth-order valence-electron chi connectivity index (χ4n) is 2.59. The van der Waals surface area contributed by atoms with Crippen LogP contribution in [-0.4, -0.2) is 37.1 Å². The van der Waals surface area contributed by atoms with E-state index in [2.05, 4.69) is 0 Å². The van der Waals surface area contributed by atoms with Crippen LogP contribution in [-0.2, 0) is 0 Å². The first-order valence-electron chi connectivity index (χ1n) is 7.44. The summed E-state index contributed by atoms with van der Waals surface area (Å²) in [6, 6.07) is 10.5. The Balaban J connectivity index is 1.59. The van der Waals surface area contributed by atoms with Gasteiger partial charge in [0.05, 0.1) is 19.2 Å². The van der Waals surface area contributed by atoms with E-state index < -0.39 is 0 Å². The maximum Gasteiger partial charge on any atom is 0.254 e. The first-order valence-corrected chi connectivity index (χ1v) is 7.44. The summed E-state index contributed by atoms with van der Waals surface area (Å²) in [5, 5.41) is 11.0. The van der Waals surface area contributed by atoms with Crippen LogP contribution in [0.1, 0.15) is 16.8 Å². The summed E-state index contributed by atoms with van der Waals surface area (Å²) in [5.74, 6) is 1.46. The highest BCUT2D eigenvalue weighted by Gasteiger charge is 2.28. The third kappa shape index (κ3) is 3.53. The summed E-state index contributed by atoms with van der Waals surface area (Å²) in [6.07, 6.45) is 3.41. The normalized spacial score (nSPS) is 17.1. The summed E-state index contributed by atoms with van der Waals surface area (Å²) < 4.78 is 11.7. The van der Waals surface area contributed by atoms with Crippen molar-refractivity contribution in [2.75, 3.05) is 20.2 Å². The van der Waals surface area contributed by atoms with Crippen LogP contribution in [0.4, 0.5) is 0 Å². The number of carbonyl (C=O) groups excluding carboxylic acids is 1. The number of ether oxygens (including phenoxy) is 2. The zero-order valence-corrected chi connectivity index (χ0v) is 12.8. The van der Waals surface area contributed by atoms with Crippen molar-refractivity contribution in [2.45, 2.75) is 12.5 Å². The fourth-order valence-corrected chi connectivity index (χ4v) is 2.59. The summed E-state index contributed by atoms with van der Waals surface area (Å²) in [6.45, 7) is 1.18. The number of hydrogen-bond acceptors (Lipinski definition) is 4. The molecule has 1 aromatic heterocycles. The van der Waals surface area contributed by atoms with Gasteiger partial charge in [0.25, 0.3) is 5.91 Å². The van der Waals surface area contributed by atoms with Crippen molar-refractivity contribution < 1.29 is 19.0 Å². The van der Waals surface area contributed by atoms with Gasteiger partial charge in [0.2, 0.25) is 0 Å². The molecule has 1 saturated heterocycles. The molecule has 120 valence electrons. The van der Waals surface area contributed by atoms with Crippen LogP contribution >= 0.6 is 0 Å². The maximum absolute atomic E-state index is 12.4. The van der Waals surface area contributed by atoms with Gasteiger partial charge in [-0.3, -0.25) is 4.79 Å². The Morgan fingerprint density at radius 3 is 2.48 bits per heavy atom. The van der Waals surface area contributed by atoms with E-state index in [1.807, 2.05) is 24.3 Å². The minimum atomic E-state index is -0.0774. The standard InChI is InChI=1S/C17H18N2O4/c1-22-14-2-4-15(5-3-14)23-16-8-9-18(12-16)17(20)13-6-10-19(21)11-7-13/h2-7,10-11,16H,8-9,12H2,1H3/t16-/m1/s1. The van der Waals surface area contributed by atoms with Gasteiger partial charge in [0.1, 0.15) is 17.6 Å². The Hall–Kier alpha value is -2.76. The first-order chi connectivity index (χ1) is 11.2. The lowest BCUT2D eigenvalue weighted by Crippen LogP contribution is -2.32. The molecule has 23 heavy (non-hydrogen) atoms. The summed E-state index contributed by atoms with van der Waals surface area (Å²) >= 11 is 0. The topological polar surface area (TPSA) is 65.7 Å². The third-order valence-electron chi connectivity index (χ3n) is 3.84. The second-order valence-corrected chi connectivity index (χ2v) is 5.40. The van der Waals surface area contributed by atoms with Crippen LogP contribution in [0, 0.1) is 5.21 Å². The van der Waals surface area contributed by atoms with Crippen LogP contribution in [0.5, 0.6) is 11.5 Å². The Morgan fingerprint density at radius 1 is 1.17 bits per heavy atom. The number of nitrogens with zero attached hydrogens (tertiary/aromatic N) is 2. The number of carbonyl (C=O) groups is 1. The van der Waals surface area contributed by atoms with E-state index in [9.17, 15) is 10.0 Å². The van der Waals surface area contributed by atoms with E-state index >= 15 is 0 Å². The van der Waals surface area contributed by atoms with Crippen molar-refractivity contribution >= 4 is 5.91 Å². The van der Waals surface area contributed by atoms with E-state index in [1.54, 1.807) is 12.0 Å². The van der Waals surface area contributed by atoms with Gasteiger partial charge in [-0.1, -0.05) is 0 Å². The average molecular weight is 314 g/mol. The molecule has 1 aliphatic rings. The molecule has 1 aromatic carbocycles. The minimum absolute atomic E-state index is 0.0273. The van der Waals surface area contributed by atoms with Crippen molar-refractivity contribution in [2.24, 2.45) is 0 Å². The first kappa shape index (κ1) is 15.1. The summed E-state index contributed by atoms with van der Waals surface area (Å²) in [7, 11) is 1.62. The highest BCUT2D eigenvalue weighted by Crippen LogP contribution is 2.22. The van der Waals surface area contributed by atoms with Gasteiger partial charge >= 0.3 is 0 Å². The molecule has 0 aliphatic carbocycles. The lowest BCUT2D eigenvalue weighted by Gasteiger charge is -2.17. The number of benzene rings is 1. The predicted molar refractivity (Wildman–Crippen MR) is 83.3 cm³/mol. The zero-order chi connectivity index (χ0) is 16.2. The molecule has 3 rings (SSSR count). The molecular weight excluding hydrogens is 296 g/mol. The van der Waals surface area contributed by atoms with Crippen molar-refractivity contribution in [3.05, 3.63) is 59.6 Å². The van der Waals surface area contributed by atoms with Gasteiger partial charge in [0.15, 0.2) is 12.4 Å². The smallest absolute Gasteiger partial charge is 0.254 e.